The molecule has 3 aliphatic carbocycles. The quantitative estimate of drug-likeness (QED) is 0.620. The Bertz CT molecular complexity index is 1090. The zero-order valence-corrected chi connectivity index (χ0v) is 18.7. The Labute approximate surface area is 198 Å². The molecule has 3 saturated carbocycles. The molecule has 0 aromatic heterocycles. The fourth-order valence-corrected chi connectivity index (χ4v) is 5.34. The van der Waals surface area contributed by atoms with Crippen molar-refractivity contribution in [1.82, 2.24) is 10.2 Å². The number of benzene rings is 2. The number of nitrogens with one attached hydrogen (secondary N) is 1. The summed E-state index contributed by atoms with van der Waals surface area (Å²) in [5.41, 5.74) is 0.251. The molecule has 11 heteroatoms. The Balaban J connectivity index is 1.09. The molecule has 6 rings (SSSR count). The van der Waals surface area contributed by atoms with Crippen LogP contribution < -0.4 is 19.7 Å². The normalized spacial score (nSPS) is 25.5. The second kappa shape index (κ2) is 7.97. The van der Waals surface area contributed by atoms with Crippen molar-refractivity contribution in [1.29, 1.82) is 0 Å². The van der Waals surface area contributed by atoms with Gasteiger partial charge in [-0.05, 0) is 67.8 Å². The third-order valence-corrected chi connectivity index (χ3v) is 6.81. The maximum absolute atomic E-state index is 13.0. The van der Waals surface area contributed by atoms with Gasteiger partial charge >= 0.3 is 12.4 Å². The molecule has 1 N–H and O–H groups in total. The number of carbonyl (C=O) groups is 2. The summed E-state index contributed by atoms with van der Waals surface area (Å²) in [5, 5.41) is 3.59. The van der Waals surface area contributed by atoms with Crippen LogP contribution in [0.3, 0.4) is 0 Å². The summed E-state index contributed by atoms with van der Waals surface area (Å²) in [6.07, 6.45) is -2.70. The number of halogens is 4. The minimum Gasteiger partial charge on any atom is -0.484 e. The Morgan fingerprint density at radius 2 is 1.62 bits per heavy atom. The first-order chi connectivity index (χ1) is 16.1. The van der Waals surface area contributed by atoms with Crippen molar-refractivity contribution in [2.24, 2.45) is 0 Å². The van der Waals surface area contributed by atoms with Crippen LogP contribution in [0.1, 0.15) is 19.3 Å². The van der Waals surface area contributed by atoms with E-state index in [1.165, 1.54) is 12.1 Å². The third-order valence-electron chi connectivity index (χ3n) is 6.55. The molecular formula is C23H21ClF3N3O4. The van der Waals surface area contributed by atoms with E-state index in [4.69, 9.17) is 16.3 Å². The van der Waals surface area contributed by atoms with E-state index in [1.54, 1.807) is 17.0 Å². The van der Waals surface area contributed by atoms with Crippen LogP contribution in [0.25, 0.3) is 0 Å². The summed E-state index contributed by atoms with van der Waals surface area (Å²) in [6.45, 7) is 0.964. The van der Waals surface area contributed by atoms with E-state index in [0.717, 1.165) is 17.8 Å². The van der Waals surface area contributed by atoms with Crippen molar-refractivity contribution in [3.8, 4) is 11.5 Å². The number of anilines is 1. The van der Waals surface area contributed by atoms with Gasteiger partial charge in [0.05, 0.1) is 5.54 Å². The predicted molar refractivity (Wildman–Crippen MR) is 117 cm³/mol. The molecule has 3 amide bonds. The number of hydrogen-bond donors (Lipinski definition) is 1. The van der Waals surface area contributed by atoms with Crippen LogP contribution in [-0.2, 0) is 4.79 Å². The number of urea groups is 1. The molecule has 0 spiro atoms. The van der Waals surface area contributed by atoms with Gasteiger partial charge in [0.1, 0.15) is 11.5 Å². The van der Waals surface area contributed by atoms with Gasteiger partial charge in [0.25, 0.3) is 5.91 Å². The lowest BCUT2D eigenvalue weighted by atomic mass is 9.43. The SMILES string of the molecule is O=C(COc1ccc(OC(F)(F)F)cc1)NC12CC(N3CCN(c4ccc(Cl)cc4)C3=O)(C1)C2. The van der Waals surface area contributed by atoms with Gasteiger partial charge in [-0.15, -0.1) is 13.2 Å². The maximum atomic E-state index is 13.0. The van der Waals surface area contributed by atoms with E-state index < -0.39 is 6.36 Å². The molecule has 7 nitrogen and oxygen atoms in total. The van der Waals surface area contributed by atoms with Gasteiger partial charge in [0, 0.05) is 29.3 Å². The zero-order chi connectivity index (χ0) is 24.1. The standard InChI is InChI=1S/C23H21ClF3N3O4/c24-15-1-3-16(4-2-15)29-9-10-30(20(29)32)22-12-21(13-22,14-22)28-19(31)11-33-17-5-7-18(8-6-17)34-23(25,26)27/h1-8H,9-14H2,(H,28,31). The molecule has 1 saturated heterocycles. The number of ether oxygens (including phenoxy) is 2. The Hall–Kier alpha value is -3.14. The average Bonchev–Trinajstić information content (AvgIpc) is 3.10. The lowest BCUT2D eigenvalue weighted by Gasteiger charge is -2.72. The van der Waals surface area contributed by atoms with E-state index in [-0.39, 0.29) is 41.1 Å². The molecule has 1 aliphatic heterocycles. The van der Waals surface area contributed by atoms with Gasteiger partial charge in [0.2, 0.25) is 0 Å². The molecule has 0 radical (unpaired) electrons. The van der Waals surface area contributed by atoms with Crippen molar-refractivity contribution in [3.63, 3.8) is 0 Å². The highest BCUT2D eigenvalue weighted by Crippen LogP contribution is 2.64. The van der Waals surface area contributed by atoms with Crippen molar-refractivity contribution in [2.75, 3.05) is 24.6 Å². The molecule has 4 aliphatic rings. The molecule has 2 bridgehead atoms. The van der Waals surface area contributed by atoms with Gasteiger partial charge in [-0.2, -0.15) is 0 Å². The van der Waals surface area contributed by atoms with Crippen molar-refractivity contribution in [3.05, 3.63) is 53.6 Å². The maximum Gasteiger partial charge on any atom is 0.573 e. The highest BCUT2D eigenvalue weighted by molar-refractivity contribution is 6.30. The smallest absolute Gasteiger partial charge is 0.484 e. The molecule has 4 fully saturated rings. The molecule has 0 atom stereocenters. The minimum absolute atomic E-state index is 0.0387. The molecule has 1 heterocycles. The van der Waals surface area contributed by atoms with E-state index >= 15 is 0 Å². The van der Waals surface area contributed by atoms with Crippen molar-refractivity contribution < 1.29 is 32.2 Å². The summed E-state index contributed by atoms with van der Waals surface area (Å²) in [6, 6.07) is 12.0. The lowest BCUT2D eigenvalue weighted by molar-refractivity contribution is -0.274. The highest BCUT2D eigenvalue weighted by Gasteiger charge is 2.72. The van der Waals surface area contributed by atoms with Crippen molar-refractivity contribution in [2.45, 2.75) is 36.7 Å². The van der Waals surface area contributed by atoms with Gasteiger partial charge in [-0.1, -0.05) is 11.6 Å². The van der Waals surface area contributed by atoms with Gasteiger partial charge in [0.15, 0.2) is 6.61 Å². The second-order valence-electron chi connectivity index (χ2n) is 8.95. The molecule has 180 valence electrons. The predicted octanol–water partition coefficient (Wildman–Crippen LogP) is 4.35. The first-order valence-electron chi connectivity index (χ1n) is 10.7. The Morgan fingerprint density at radius 1 is 1.00 bits per heavy atom. The van der Waals surface area contributed by atoms with Crippen molar-refractivity contribution >= 4 is 29.2 Å². The fourth-order valence-electron chi connectivity index (χ4n) is 5.21. The molecular weight excluding hydrogens is 475 g/mol. The van der Waals surface area contributed by atoms with Crippen LogP contribution in [0.2, 0.25) is 5.02 Å². The Kier molecular flexibility index (Phi) is 5.31. The van der Waals surface area contributed by atoms with E-state index in [9.17, 15) is 22.8 Å². The summed E-state index contributed by atoms with van der Waals surface area (Å²) in [4.78, 5) is 29.0. The van der Waals surface area contributed by atoms with Gasteiger partial charge in [-0.25, -0.2) is 4.79 Å². The topological polar surface area (TPSA) is 71.1 Å². The Morgan fingerprint density at radius 3 is 2.24 bits per heavy atom. The van der Waals surface area contributed by atoms with Crippen LogP contribution >= 0.6 is 11.6 Å². The van der Waals surface area contributed by atoms with Crippen LogP contribution in [0.5, 0.6) is 11.5 Å². The number of rotatable bonds is 7. The van der Waals surface area contributed by atoms with E-state index in [2.05, 4.69) is 10.1 Å². The summed E-state index contributed by atoms with van der Waals surface area (Å²) < 4.78 is 45.8. The zero-order valence-electron chi connectivity index (χ0n) is 17.9. The summed E-state index contributed by atoms with van der Waals surface area (Å²) in [7, 11) is 0. The number of carbonyl (C=O) groups excluding carboxylic acids is 2. The molecule has 2 aromatic rings. The molecule has 34 heavy (non-hydrogen) atoms. The lowest BCUT2D eigenvalue weighted by Crippen LogP contribution is -2.84. The van der Waals surface area contributed by atoms with Gasteiger partial charge < -0.3 is 19.7 Å². The molecule has 0 unspecified atom stereocenters. The number of alkyl halides is 3. The summed E-state index contributed by atoms with van der Waals surface area (Å²) in [5.74, 6) is -0.433. The first kappa shape index (κ1) is 22.6. The number of hydrogen-bond acceptors (Lipinski definition) is 4. The average molecular weight is 496 g/mol. The van der Waals surface area contributed by atoms with Gasteiger partial charge in [-0.3, -0.25) is 9.69 Å². The first-order valence-corrected chi connectivity index (χ1v) is 11.1. The van der Waals surface area contributed by atoms with Crippen LogP contribution in [0.15, 0.2) is 48.5 Å². The number of nitrogens with zero attached hydrogens (tertiary/aromatic N) is 2. The monoisotopic (exact) mass is 495 g/mol. The third kappa shape index (κ3) is 4.22. The number of amides is 3. The summed E-state index contributed by atoms with van der Waals surface area (Å²) >= 11 is 5.94. The van der Waals surface area contributed by atoms with E-state index in [1.807, 2.05) is 17.0 Å². The van der Waals surface area contributed by atoms with Crippen LogP contribution in [-0.4, -0.2) is 54.0 Å². The highest BCUT2D eigenvalue weighted by atomic mass is 35.5. The van der Waals surface area contributed by atoms with Crippen LogP contribution in [0, 0.1) is 0 Å². The van der Waals surface area contributed by atoms with E-state index in [0.29, 0.717) is 37.4 Å². The fraction of sp³-hybridized carbons (Fsp3) is 0.391. The minimum atomic E-state index is -4.77. The van der Waals surface area contributed by atoms with Crippen LogP contribution in [0.4, 0.5) is 23.7 Å². The largest absolute Gasteiger partial charge is 0.573 e. The molecule has 2 aromatic carbocycles. The second-order valence-corrected chi connectivity index (χ2v) is 9.39.